The molecule has 1 N–H and O–H groups in total. The molecule has 2 heterocycles. The van der Waals surface area contributed by atoms with Crippen LogP contribution in [0.1, 0.15) is 25.2 Å². The van der Waals surface area contributed by atoms with Gasteiger partial charge < -0.3 is 10.2 Å². The van der Waals surface area contributed by atoms with Gasteiger partial charge in [-0.05, 0) is 38.0 Å². The average molecular weight is 324 g/mol. The summed E-state index contributed by atoms with van der Waals surface area (Å²) >= 11 is 0. The molecule has 2 aromatic rings. The number of rotatable bonds is 3. The van der Waals surface area contributed by atoms with Crippen LogP contribution in [0.5, 0.6) is 0 Å². The highest BCUT2D eigenvalue weighted by molar-refractivity contribution is 5.92. The Bertz CT molecular complexity index is 775. The quantitative estimate of drug-likeness (QED) is 0.870. The van der Waals surface area contributed by atoms with Crippen LogP contribution in [0.3, 0.4) is 0 Å². The van der Waals surface area contributed by atoms with E-state index in [0.717, 1.165) is 22.8 Å². The predicted octanol–water partition coefficient (Wildman–Crippen LogP) is 3.92. The number of nitrogens with zero attached hydrogens (tertiary/aromatic N) is 3. The summed E-state index contributed by atoms with van der Waals surface area (Å²) in [6.45, 7) is 8.89. The van der Waals surface area contributed by atoms with Gasteiger partial charge in [-0.25, -0.2) is 9.48 Å². The van der Waals surface area contributed by atoms with Gasteiger partial charge in [0.1, 0.15) is 0 Å². The average Bonchev–Trinajstić information content (AvgIpc) is 3.14. The second-order valence-corrected chi connectivity index (χ2v) is 6.60. The summed E-state index contributed by atoms with van der Waals surface area (Å²) in [6.07, 6.45) is 4.16. The molecule has 3 rings (SSSR count). The highest BCUT2D eigenvalue weighted by atomic mass is 16.2. The lowest BCUT2D eigenvalue weighted by Crippen LogP contribution is -2.41. The zero-order valence-corrected chi connectivity index (χ0v) is 14.7. The predicted molar refractivity (Wildman–Crippen MR) is 96.5 cm³/mol. The Kier molecular flexibility index (Phi) is 4.42. The Morgan fingerprint density at radius 2 is 2.04 bits per heavy atom. The number of hydrogen-bond donors (Lipinski definition) is 1. The van der Waals surface area contributed by atoms with E-state index in [2.05, 4.69) is 36.4 Å². The summed E-state index contributed by atoms with van der Waals surface area (Å²) in [4.78, 5) is 14.6. The summed E-state index contributed by atoms with van der Waals surface area (Å²) in [5.74, 6) is 0.390. The van der Waals surface area contributed by atoms with Crippen molar-refractivity contribution < 1.29 is 4.79 Å². The van der Waals surface area contributed by atoms with Gasteiger partial charge in [-0.1, -0.05) is 38.1 Å². The van der Waals surface area contributed by atoms with Gasteiger partial charge in [-0.2, -0.15) is 5.10 Å². The molecule has 1 aliphatic heterocycles. The lowest BCUT2D eigenvalue weighted by molar-refractivity contribution is 0.199. The van der Waals surface area contributed by atoms with Crippen molar-refractivity contribution in [1.82, 2.24) is 14.7 Å². The fraction of sp³-hybridized carbons (Fsp3) is 0.368. The van der Waals surface area contributed by atoms with E-state index >= 15 is 0 Å². The Labute approximate surface area is 143 Å². The number of nitrogens with one attached hydrogen (secondary N) is 1. The molecular weight excluding hydrogens is 300 g/mol. The van der Waals surface area contributed by atoms with Crippen molar-refractivity contribution in [2.24, 2.45) is 5.92 Å². The van der Waals surface area contributed by atoms with E-state index in [4.69, 9.17) is 0 Å². The summed E-state index contributed by atoms with van der Waals surface area (Å²) in [7, 11) is 0. The highest BCUT2D eigenvalue weighted by Gasteiger charge is 2.27. The maximum Gasteiger partial charge on any atom is 0.322 e. The molecule has 5 heteroatoms. The number of aryl methyl sites for hydroxylation is 2. The fourth-order valence-electron chi connectivity index (χ4n) is 3.16. The molecule has 1 aromatic heterocycles. The maximum absolute atomic E-state index is 12.7. The van der Waals surface area contributed by atoms with E-state index in [1.54, 1.807) is 0 Å². The minimum atomic E-state index is -0.0762. The lowest BCUT2D eigenvalue weighted by Gasteiger charge is -2.28. The van der Waals surface area contributed by atoms with Crippen LogP contribution < -0.4 is 5.32 Å². The van der Waals surface area contributed by atoms with Crippen molar-refractivity contribution in [2.75, 3.05) is 11.9 Å². The number of para-hydroxylation sites is 2. The molecule has 0 spiro atoms. The zero-order valence-electron chi connectivity index (χ0n) is 14.7. The normalized spacial score (nSPS) is 16.9. The van der Waals surface area contributed by atoms with Gasteiger partial charge >= 0.3 is 6.03 Å². The van der Waals surface area contributed by atoms with Crippen molar-refractivity contribution in [3.63, 3.8) is 0 Å². The van der Waals surface area contributed by atoms with E-state index < -0.39 is 0 Å². The van der Waals surface area contributed by atoms with Crippen molar-refractivity contribution in [3.05, 3.63) is 53.9 Å². The molecule has 0 saturated heterocycles. The van der Waals surface area contributed by atoms with Crippen LogP contribution in [0.25, 0.3) is 5.69 Å². The number of anilines is 1. The number of urea groups is 1. The van der Waals surface area contributed by atoms with Gasteiger partial charge in [0.25, 0.3) is 0 Å². The molecule has 24 heavy (non-hydrogen) atoms. The second-order valence-electron chi connectivity index (χ2n) is 6.60. The number of amides is 2. The molecule has 0 unspecified atom stereocenters. The highest BCUT2D eigenvalue weighted by Crippen LogP contribution is 2.24. The van der Waals surface area contributed by atoms with Crippen LogP contribution in [0.2, 0.25) is 0 Å². The molecule has 0 saturated carbocycles. The number of carbonyl (C=O) groups excluding carboxylic acids is 1. The zero-order chi connectivity index (χ0) is 17.3. The lowest BCUT2D eigenvalue weighted by atomic mass is 10.1. The van der Waals surface area contributed by atoms with Crippen molar-refractivity contribution in [3.8, 4) is 5.69 Å². The van der Waals surface area contributed by atoms with Gasteiger partial charge in [-0.15, -0.1) is 0 Å². The summed E-state index contributed by atoms with van der Waals surface area (Å²) < 4.78 is 1.87. The number of aromatic nitrogens is 2. The first-order chi connectivity index (χ1) is 11.5. The van der Waals surface area contributed by atoms with E-state index in [0.29, 0.717) is 12.5 Å². The smallest absolute Gasteiger partial charge is 0.314 e. The SMILES string of the molecule is Cc1cc(C)n(-c2ccccc2NC(=O)N2CC=C[C@@H]2C(C)C)n1. The third-order valence-corrected chi connectivity index (χ3v) is 4.32. The van der Waals surface area contributed by atoms with Crippen LogP contribution in [0, 0.1) is 19.8 Å². The Morgan fingerprint density at radius 3 is 2.71 bits per heavy atom. The molecule has 1 atom stereocenters. The molecule has 0 radical (unpaired) electrons. The second kappa shape index (κ2) is 6.51. The summed E-state index contributed by atoms with van der Waals surface area (Å²) in [5.41, 5.74) is 3.64. The molecule has 1 aromatic carbocycles. The molecule has 0 fully saturated rings. The van der Waals surface area contributed by atoms with Crippen LogP contribution in [0.15, 0.2) is 42.5 Å². The first kappa shape index (κ1) is 16.3. The third kappa shape index (κ3) is 3.07. The van der Waals surface area contributed by atoms with Crippen LogP contribution in [-0.4, -0.2) is 33.3 Å². The number of carbonyl (C=O) groups is 1. The molecule has 0 bridgehead atoms. The van der Waals surface area contributed by atoms with Gasteiger partial charge in [0, 0.05) is 12.2 Å². The van der Waals surface area contributed by atoms with Gasteiger partial charge in [0.2, 0.25) is 0 Å². The minimum absolute atomic E-state index is 0.0762. The van der Waals surface area contributed by atoms with Gasteiger partial charge in [-0.3, -0.25) is 0 Å². The molecule has 5 nitrogen and oxygen atoms in total. The Hall–Kier alpha value is -2.56. The van der Waals surface area contributed by atoms with Crippen LogP contribution in [0.4, 0.5) is 10.5 Å². The van der Waals surface area contributed by atoms with E-state index in [1.807, 2.05) is 53.8 Å². The first-order valence-corrected chi connectivity index (χ1v) is 8.34. The first-order valence-electron chi connectivity index (χ1n) is 8.34. The minimum Gasteiger partial charge on any atom is -0.314 e. The molecule has 1 aliphatic rings. The largest absolute Gasteiger partial charge is 0.322 e. The van der Waals surface area contributed by atoms with Gasteiger partial charge in [0.15, 0.2) is 0 Å². The van der Waals surface area contributed by atoms with Crippen LogP contribution >= 0.6 is 0 Å². The molecule has 0 aliphatic carbocycles. The summed E-state index contributed by atoms with van der Waals surface area (Å²) in [6, 6.07) is 9.86. The maximum atomic E-state index is 12.7. The van der Waals surface area contributed by atoms with Crippen molar-refractivity contribution in [1.29, 1.82) is 0 Å². The number of hydrogen-bond acceptors (Lipinski definition) is 2. The van der Waals surface area contributed by atoms with E-state index in [9.17, 15) is 4.79 Å². The molecular formula is C19H24N4O. The van der Waals surface area contributed by atoms with E-state index in [1.165, 1.54) is 0 Å². The fourth-order valence-corrected chi connectivity index (χ4v) is 3.16. The van der Waals surface area contributed by atoms with E-state index in [-0.39, 0.29) is 12.1 Å². The van der Waals surface area contributed by atoms with Crippen LogP contribution in [-0.2, 0) is 0 Å². The monoisotopic (exact) mass is 324 g/mol. The Morgan fingerprint density at radius 1 is 1.29 bits per heavy atom. The van der Waals surface area contributed by atoms with Gasteiger partial charge in [0.05, 0.1) is 23.1 Å². The van der Waals surface area contributed by atoms with Crippen molar-refractivity contribution >= 4 is 11.7 Å². The molecule has 126 valence electrons. The van der Waals surface area contributed by atoms with Crippen molar-refractivity contribution in [2.45, 2.75) is 33.7 Å². The topological polar surface area (TPSA) is 50.2 Å². The molecule has 2 amide bonds. The third-order valence-electron chi connectivity index (χ3n) is 4.32. The standard InChI is InChI=1S/C19H24N4O/c1-13(2)17-10-7-11-22(17)19(24)20-16-8-5-6-9-18(16)23-15(4)12-14(3)21-23/h5-10,12-13,17H,11H2,1-4H3,(H,20,24)/t17-/m1/s1. The number of benzene rings is 1. The summed E-state index contributed by atoms with van der Waals surface area (Å²) in [5, 5.41) is 7.59. The Balaban J connectivity index is 1.86.